The summed E-state index contributed by atoms with van der Waals surface area (Å²) in [7, 11) is -0.0279. The van der Waals surface area contributed by atoms with Crippen molar-refractivity contribution in [2.24, 2.45) is 0 Å². The minimum Gasteiger partial charge on any atom is -0.403 e. The van der Waals surface area contributed by atoms with Crippen LogP contribution >= 0.6 is 0 Å². The van der Waals surface area contributed by atoms with Crippen LogP contribution in [0.5, 0.6) is 0 Å². The Bertz CT molecular complexity index is 208. The van der Waals surface area contributed by atoms with Gasteiger partial charge in [0.25, 0.3) is 0 Å². The Morgan fingerprint density at radius 1 is 1.07 bits per heavy atom. The van der Waals surface area contributed by atoms with Gasteiger partial charge in [-0.3, -0.25) is 0 Å². The molecule has 86 valence electrons. The van der Waals surface area contributed by atoms with Gasteiger partial charge < -0.3 is 9.31 Å². The summed E-state index contributed by atoms with van der Waals surface area (Å²) in [6.07, 6.45) is 6.35. The highest BCUT2D eigenvalue weighted by Crippen LogP contribution is 2.38. The van der Waals surface area contributed by atoms with Gasteiger partial charge in [-0.25, -0.2) is 0 Å². The third-order valence-corrected chi connectivity index (χ3v) is 3.40. The summed E-state index contributed by atoms with van der Waals surface area (Å²) >= 11 is 0. The van der Waals surface area contributed by atoms with Crippen LogP contribution in [0.1, 0.15) is 47.0 Å². The highest BCUT2D eigenvalue weighted by atomic mass is 16.7. The van der Waals surface area contributed by atoms with Crippen molar-refractivity contribution in [1.29, 1.82) is 0 Å². The number of allylic oxidation sites excluding steroid dienone is 1. The van der Waals surface area contributed by atoms with Crippen molar-refractivity contribution in [1.82, 2.24) is 0 Å². The Morgan fingerprint density at radius 3 is 2.07 bits per heavy atom. The van der Waals surface area contributed by atoms with Gasteiger partial charge in [0.2, 0.25) is 0 Å². The van der Waals surface area contributed by atoms with Crippen molar-refractivity contribution in [3.05, 3.63) is 12.7 Å². The van der Waals surface area contributed by atoms with Crippen LogP contribution in [0.2, 0.25) is 6.32 Å². The maximum atomic E-state index is 5.90. The molecule has 0 aromatic rings. The number of hydrogen-bond donors (Lipinski definition) is 0. The largest absolute Gasteiger partial charge is 0.457 e. The van der Waals surface area contributed by atoms with Crippen LogP contribution in [0.4, 0.5) is 0 Å². The molecule has 0 amide bonds. The molecule has 2 nitrogen and oxygen atoms in total. The molecule has 1 aliphatic rings. The lowest BCUT2D eigenvalue weighted by molar-refractivity contribution is 0.00578. The monoisotopic (exact) mass is 210 g/mol. The van der Waals surface area contributed by atoms with Gasteiger partial charge in [-0.15, -0.1) is 6.58 Å². The van der Waals surface area contributed by atoms with Gasteiger partial charge >= 0.3 is 7.12 Å². The van der Waals surface area contributed by atoms with Crippen LogP contribution in [0, 0.1) is 0 Å². The molecule has 15 heavy (non-hydrogen) atoms. The predicted molar refractivity (Wildman–Crippen MR) is 64.9 cm³/mol. The fourth-order valence-electron chi connectivity index (χ4n) is 1.68. The average Bonchev–Trinajstić information content (AvgIpc) is 2.30. The van der Waals surface area contributed by atoms with E-state index in [2.05, 4.69) is 34.3 Å². The summed E-state index contributed by atoms with van der Waals surface area (Å²) < 4.78 is 11.8. The van der Waals surface area contributed by atoms with Crippen molar-refractivity contribution in [3.63, 3.8) is 0 Å². The number of unbranched alkanes of at least 4 members (excludes halogenated alkanes) is 2. The van der Waals surface area contributed by atoms with E-state index in [1.165, 1.54) is 6.42 Å². The average molecular weight is 210 g/mol. The first-order chi connectivity index (χ1) is 6.89. The molecule has 0 aliphatic carbocycles. The van der Waals surface area contributed by atoms with Gasteiger partial charge in [-0.05, 0) is 40.4 Å². The van der Waals surface area contributed by atoms with Gasteiger partial charge in [0.15, 0.2) is 0 Å². The van der Waals surface area contributed by atoms with Crippen molar-refractivity contribution >= 4 is 7.12 Å². The molecule has 0 bridgehead atoms. The van der Waals surface area contributed by atoms with Crippen LogP contribution in [-0.2, 0) is 9.31 Å². The van der Waals surface area contributed by atoms with E-state index in [9.17, 15) is 0 Å². The molecule has 0 radical (unpaired) electrons. The van der Waals surface area contributed by atoms with E-state index >= 15 is 0 Å². The molecule has 0 N–H and O–H groups in total. The van der Waals surface area contributed by atoms with Crippen molar-refractivity contribution in [3.8, 4) is 0 Å². The lowest BCUT2D eigenvalue weighted by Gasteiger charge is -2.32. The quantitative estimate of drug-likeness (QED) is 0.393. The van der Waals surface area contributed by atoms with E-state index in [1.807, 2.05) is 6.08 Å². The van der Waals surface area contributed by atoms with Crippen LogP contribution in [-0.4, -0.2) is 18.3 Å². The van der Waals surface area contributed by atoms with E-state index < -0.39 is 0 Å². The van der Waals surface area contributed by atoms with Gasteiger partial charge in [0.1, 0.15) is 0 Å². The topological polar surface area (TPSA) is 18.5 Å². The van der Waals surface area contributed by atoms with Crippen LogP contribution in [0.25, 0.3) is 0 Å². The van der Waals surface area contributed by atoms with E-state index in [1.54, 1.807) is 0 Å². The number of rotatable bonds is 5. The number of hydrogen-bond acceptors (Lipinski definition) is 2. The first-order valence-corrected chi connectivity index (χ1v) is 5.85. The Labute approximate surface area is 94.2 Å². The third-order valence-electron chi connectivity index (χ3n) is 3.40. The molecular weight excluding hydrogens is 187 g/mol. The maximum Gasteiger partial charge on any atom is 0.457 e. The second-order valence-electron chi connectivity index (χ2n) is 5.26. The predicted octanol–water partition coefficient (Wildman–Crippen LogP) is 3.43. The Kier molecular flexibility index (Phi) is 4.02. The van der Waals surface area contributed by atoms with Crippen LogP contribution in [0.3, 0.4) is 0 Å². The minimum absolute atomic E-state index is 0.0279. The standard InChI is InChI=1S/C12H23BO2/c1-6-7-8-9-10-13-14-11(2,3)12(4,5)15-13/h6H,1,7-10H2,2-5H3. The second kappa shape index (κ2) is 4.71. The highest BCUT2D eigenvalue weighted by Gasteiger charge is 2.50. The first-order valence-electron chi connectivity index (χ1n) is 5.85. The minimum atomic E-state index is -0.184. The molecule has 1 rings (SSSR count). The zero-order chi connectivity index (χ0) is 11.5. The molecule has 1 fully saturated rings. The molecule has 1 saturated heterocycles. The van der Waals surface area contributed by atoms with Gasteiger partial charge in [-0.1, -0.05) is 18.9 Å². The van der Waals surface area contributed by atoms with Crippen LogP contribution in [0.15, 0.2) is 12.7 Å². The summed E-state index contributed by atoms with van der Waals surface area (Å²) in [4.78, 5) is 0. The Balaban J connectivity index is 2.32. The van der Waals surface area contributed by atoms with Gasteiger partial charge in [-0.2, -0.15) is 0 Å². The molecule has 0 aromatic carbocycles. The lowest BCUT2D eigenvalue weighted by atomic mass is 9.82. The Morgan fingerprint density at radius 2 is 1.60 bits per heavy atom. The smallest absolute Gasteiger partial charge is 0.403 e. The molecule has 0 aromatic heterocycles. The second-order valence-corrected chi connectivity index (χ2v) is 5.26. The summed E-state index contributed by atoms with van der Waals surface area (Å²) in [5.74, 6) is 0. The third kappa shape index (κ3) is 3.09. The molecule has 0 spiro atoms. The fraction of sp³-hybridized carbons (Fsp3) is 0.833. The van der Waals surface area contributed by atoms with Gasteiger partial charge in [0.05, 0.1) is 11.2 Å². The van der Waals surface area contributed by atoms with E-state index in [0.29, 0.717) is 0 Å². The molecule has 0 unspecified atom stereocenters. The summed E-state index contributed by atoms with van der Waals surface area (Å²) in [5.41, 5.74) is -0.369. The molecule has 0 saturated carbocycles. The van der Waals surface area contributed by atoms with Crippen molar-refractivity contribution < 1.29 is 9.31 Å². The molecule has 1 aliphatic heterocycles. The zero-order valence-electron chi connectivity index (χ0n) is 10.5. The molecular formula is C12H23BO2. The normalized spacial score (nSPS) is 23.1. The molecule has 1 heterocycles. The molecule has 3 heteroatoms. The van der Waals surface area contributed by atoms with E-state index in [0.717, 1.165) is 19.2 Å². The van der Waals surface area contributed by atoms with Crippen LogP contribution < -0.4 is 0 Å². The van der Waals surface area contributed by atoms with Crippen molar-refractivity contribution in [2.45, 2.75) is 64.5 Å². The zero-order valence-corrected chi connectivity index (χ0v) is 10.5. The lowest BCUT2D eigenvalue weighted by Crippen LogP contribution is -2.41. The maximum absolute atomic E-state index is 5.90. The summed E-state index contributed by atoms with van der Waals surface area (Å²) in [5, 5.41) is 0. The Hall–Kier alpha value is -0.275. The highest BCUT2D eigenvalue weighted by molar-refractivity contribution is 6.45. The summed E-state index contributed by atoms with van der Waals surface area (Å²) in [6.45, 7) is 12.1. The fourth-order valence-corrected chi connectivity index (χ4v) is 1.68. The van der Waals surface area contributed by atoms with E-state index in [-0.39, 0.29) is 18.3 Å². The molecule has 0 atom stereocenters. The van der Waals surface area contributed by atoms with E-state index in [4.69, 9.17) is 9.31 Å². The summed E-state index contributed by atoms with van der Waals surface area (Å²) in [6, 6.07) is 0. The van der Waals surface area contributed by atoms with Crippen molar-refractivity contribution in [2.75, 3.05) is 0 Å². The SMILES string of the molecule is C=CCCCCB1OC(C)(C)C(C)(C)O1. The first kappa shape index (κ1) is 12.8. The van der Waals surface area contributed by atoms with Gasteiger partial charge in [0, 0.05) is 0 Å².